The van der Waals surface area contributed by atoms with Gasteiger partial charge < -0.3 is 0 Å². The summed E-state index contributed by atoms with van der Waals surface area (Å²) in [6.07, 6.45) is 0.989. The summed E-state index contributed by atoms with van der Waals surface area (Å²) < 4.78 is 15.8. The first kappa shape index (κ1) is 20.3. The van der Waals surface area contributed by atoms with Crippen LogP contribution < -0.4 is 15.3 Å². The Morgan fingerprint density at radius 2 is 1.36 bits per heavy atom. The standard InChI is InChI=1S/C21H30NOPS/c1-17(2)20(22-25(23)21(3,4)5)16-24(18-12-8-6-9-13-18)19-14-10-7-11-15-19/h6-15,17,20,22H,16H2,1-5H3/t20-,25?/m0/s1. The van der Waals surface area contributed by atoms with Gasteiger partial charge in [0.2, 0.25) is 0 Å². The van der Waals surface area contributed by atoms with Crippen molar-refractivity contribution in [2.75, 3.05) is 6.16 Å². The summed E-state index contributed by atoms with van der Waals surface area (Å²) in [5.41, 5.74) is 0. The fourth-order valence-corrected chi connectivity index (χ4v) is 6.27. The van der Waals surface area contributed by atoms with Crippen molar-refractivity contribution >= 4 is 29.5 Å². The molecule has 136 valence electrons. The summed E-state index contributed by atoms with van der Waals surface area (Å²) in [4.78, 5) is 0. The van der Waals surface area contributed by atoms with Crippen LogP contribution in [0.4, 0.5) is 0 Å². The molecule has 2 aromatic carbocycles. The highest BCUT2D eigenvalue weighted by Gasteiger charge is 2.27. The van der Waals surface area contributed by atoms with E-state index in [2.05, 4.69) is 79.2 Å². The number of benzene rings is 2. The molecule has 25 heavy (non-hydrogen) atoms. The normalized spacial score (nSPS) is 14.7. The van der Waals surface area contributed by atoms with Crippen molar-refractivity contribution in [1.29, 1.82) is 0 Å². The van der Waals surface area contributed by atoms with Crippen molar-refractivity contribution in [2.45, 2.75) is 45.4 Å². The lowest BCUT2D eigenvalue weighted by Gasteiger charge is -2.30. The summed E-state index contributed by atoms with van der Waals surface area (Å²) in [5, 5.41) is 2.75. The van der Waals surface area contributed by atoms with Gasteiger partial charge in [-0.3, -0.25) is 0 Å². The number of nitrogens with one attached hydrogen (secondary N) is 1. The third-order valence-corrected chi connectivity index (χ3v) is 8.37. The van der Waals surface area contributed by atoms with Crippen LogP contribution in [-0.4, -0.2) is 21.2 Å². The van der Waals surface area contributed by atoms with Gasteiger partial charge in [-0.2, -0.15) is 0 Å². The van der Waals surface area contributed by atoms with Crippen LogP contribution in [0.2, 0.25) is 0 Å². The average molecular weight is 376 g/mol. The van der Waals surface area contributed by atoms with Crippen molar-refractivity contribution in [3.8, 4) is 0 Å². The third kappa shape index (κ3) is 6.02. The molecule has 0 saturated heterocycles. The predicted molar refractivity (Wildman–Crippen MR) is 114 cm³/mol. The summed E-state index contributed by atoms with van der Waals surface area (Å²) in [6.45, 7) is 10.5. The van der Waals surface area contributed by atoms with Gasteiger partial charge in [-0.25, -0.2) is 8.93 Å². The number of rotatable bonds is 7. The molecule has 1 unspecified atom stereocenters. The SMILES string of the molecule is CC(C)[C@H](CP(c1ccccc1)c1ccccc1)NS(=O)C(C)(C)C. The Morgan fingerprint density at radius 3 is 1.72 bits per heavy atom. The van der Waals surface area contributed by atoms with Gasteiger partial charge >= 0.3 is 0 Å². The van der Waals surface area contributed by atoms with E-state index in [0.717, 1.165) is 6.16 Å². The Hall–Kier alpha value is -1.02. The smallest absolute Gasteiger partial charge is 0.0972 e. The highest BCUT2D eigenvalue weighted by Crippen LogP contribution is 2.35. The monoisotopic (exact) mass is 375 g/mol. The molecule has 0 spiro atoms. The molecule has 0 aliphatic heterocycles. The molecule has 4 heteroatoms. The molecule has 0 saturated carbocycles. The van der Waals surface area contributed by atoms with Crippen molar-refractivity contribution in [2.24, 2.45) is 5.92 Å². The first-order valence-corrected chi connectivity index (χ1v) is 11.5. The first-order chi connectivity index (χ1) is 11.8. The van der Waals surface area contributed by atoms with Crippen LogP contribution in [-0.2, 0) is 11.0 Å². The molecule has 2 aromatic rings. The van der Waals surface area contributed by atoms with E-state index in [1.165, 1.54) is 10.6 Å². The summed E-state index contributed by atoms with van der Waals surface area (Å²) in [6, 6.07) is 21.7. The molecular weight excluding hydrogens is 345 g/mol. The van der Waals surface area contributed by atoms with E-state index in [1.54, 1.807) is 0 Å². The van der Waals surface area contributed by atoms with Crippen LogP contribution in [0.5, 0.6) is 0 Å². The molecule has 0 heterocycles. The quantitative estimate of drug-likeness (QED) is 0.722. The van der Waals surface area contributed by atoms with Crippen molar-refractivity contribution < 1.29 is 4.21 Å². The second-order valence-electron chi connectivity index (χ2n) is 7.63. The fourth-order valence-electron chi connectivity index (χ4n) is 2.47. The van der Waals surface area contributed by atoms with Crippen LogP contribution in [0.15, 0.2) is 60.7 Å². The lowest BCUT2D eigenvalue weighted by molar-refractivity contribution is 0.492. The molecule has 2 nitrogen and oxygen atoms in total. The number of hydrogen-bond acceptors (Lipinski definition) is 1. The molecular formula is C21H30NOPS. The van der Waals surface area contributed by atoms with E-state index < -0.39 is 18.9 Å². The molecule has 0 fully saturated rings. The minimum Gasteiger partial charge on any atom is -0.242 e. The maximum atomic E-state index is 12.6. The summed E-state index contributed by atoms with van der Waals surface area (Å²) >= 11 is 0. The van der Waals surface area contributed by atoms with Crippen LogP contribution in [0.3, 0.4) is 0 Å². The highest BCUT2D eigenvalue weighted by atomic mass is 32.2. The molecule has 0 amide bonds. The topological polar surface area (TPSA) is 29.1 Å². The van der Waals surface area contributed by atoms with Gasteiger partial charge in [-0.15, -0.1) is 0 Å². The maximum absolute atomic E-state index is 12.6. The molecule has 0 aliphatic carbocycles. The number of hydrogen-bond donors (Lipinski definition) is 1. The molecule has 1 N–H and O–H groups in total. The largest absolute Gasteiger partial charge is 0.242 e. The van der Waals surface area contributed by atoms with Crippen molar-refractivity contribution in [3.63, 3.8) is 0 Å². The van der Waals surface area contributed by atoms with E-state index in [0.29, 0.717) is 5.92 Å². The van der Waals surface area contributed by atoms with Gasteiger partial charge in [0.25, 0.3) is 0 Å². The maximum Gasteiger partial charge on any atom is 0.0972 e. The zero-order chi connectivity index (χ0) is 18.4. The van der Waals surface area contributed by atoms with E-state index >= 15 is 0 Å². The minimum absolute atomic E-state index is 0.214. The summed E-state index contributed by atoms with van der Waals surface area (Å²) in [7, 11) is -1.54. The van der Waals surface area contributed by atoms with Gasteiger partial charge in [-0.05, 0) is 51.4 Å². The van der Waals surface area contributed by atoms with E-state index in [1.807, 2.05) is 20.8 Å². The highest BCUT2D eigenvalue weighted by molar-refractivity contribution is 7.84. The van der Waals surface area contributed by atoms with Crippen LogP contribution >= 0.6 is 7.92 Å². The molecule has 2 rings (SSSR count). The average Bonchev–Trinajstić information content (AvgIpc) is 2.58. The molecule has 2 atom stereocenters. The second kappa shape index (κ2) is 9.07. The van der Waals surface area contributed by atoms with E-state index in [4.69, 9.17) is 0 Å². The Kier molecular flexibility index (Phi) is 7.37. The minimum atomic E-state index is -1.06. The Balaban J connectivity index is 2.29. The summed E-state index contributed by atoms with van der Waals surface area (Å²) in [5.74, 6) is 0.420. The van der Waals surface area contributed by atoms with Crippen LogP contribution in [0, 0.1) is 5.92 Å². The first-order valence-electron chi connectivity index (χ1n) is 8.84. The fraction of sp³-hybridized carbons (Fsp3) is 0.429. The Morgan fingerprint density at radius 1 is 0.920 bits per heavy atom. The van der Waals surface area contributed by atoms with Crippen LogP contribution in [0.25, 0.3) is 0 Å². The molecule has 0 radical (unpaired) electrons. The van der Waals surface area contributed by atoms with Crippen molar-refractivity contribution in [3.05, 3.63) is 60.7 Å². The zero-order valence-electron chi connectivity index (χ0n) is 15.9. The zero-order valence-corrected chi connectivity index (χ0v) is 17.6. The van der Waals surface area contributed by atoms with E-state index in [-0.39, 0.29) is 10.8 Å². The lowest BCUT2D eigenvalue weighted by Crippen LogP contribution is -2.44. The van der Waals surface area contributed by atoms with Gasteiger partial charge in [0.15, 0.2) is 0 Å². The van der Waals surface area contributed by atoms with Gasteiger partial charge in [-0.1, -0.05) is 74.5 Å². The Labute approximate surface area is 156 Å². The van der Waals surface area contributed by atoms with E-state index in [9.17, 15) is 4.21 Å². The van der Waals surface area contributed by atoms with Gasteiger partial charge in [0.1, 0.15) is 0 Å². The molecule has 0 aromatic heterocycles. The third-order valence-electron chi connectivity index (χ3n) is 4.13. The molecule has 0 bridgehead atoms. The van der Waals surface area contributed by atoms with Crippen molar-refractivity contribution in [1.82, 2.24) is 4.72 Å². The van der Waals surface area contributed by atoms with Gasteiger partial charge in [0, 0.05) is 6.04 Å². The molecule has 0 aliphatic rings. The Bertz CT molecular complexity index is 628. The van der Waals surface area contributed by atoms with Gasteiger partial charge in [0.05, 0.1) is 15.7 Å². The predicted octanol–water partition coefficient (Wildman–Crippen LogP) is 4.20. The van der Waals surface area contributed by atoms with Crippen LogP contribution in [0.1, 0.15) is 34.6 Å². The second-order valence-corrected chi connectivity index (χ2v) is 11.9. The lowest BCUT2D eigenvalue weighted by atomic mass is 10.1.